The molecular weight excluding hydrogens is 162 g/mol. The molecule has 0 aliphatic carbocycles. The predicted octanol–water partition coefficient (Wildman–Crippen LogP) is 1.88. The number of rotatable bonds is 6. The van der Waals surface area contributed by atoms with Crippen LogP contribution in [-0.4, -0.2) is 26.2 Å². The molecule has 0 N–H and O–H groups in total. The summed E-state index contributed by atoms with van der Waals surface area (Å²) in [6, 6.07) is 0. The van der Waals surface area contributed by atoms with Crippen LogP contribution in [0.5, 0.6) is 0 Å². The largest absolute Gasteiger partial charge is 0.485 e. The molecule has 0 fully saturated rings. The minimum absolute atomic E-state index is 0.233. The molecule has 0 aliphatic heterocycles. The van der Waals surface area contributed by atoms with Gasteiger partial charge in [-0.05, 0) is 13.8 Å². The fraction of sp³-hybridized carbons (Fsp3) is 0.714. The molecule has 0 saturated heterocycles. The maximum absolute atomic E-state index is 5.45. The summed E-state index contributed by atoms with van der Waals surface area (Å²) in [5.74, 6) is 2.32. The number of halogens is 1. The van der Waals surface area contributed by atoms with E-state index in [1.807, 2.05) is 25.9 Å². The zero-order valence-corrected chi connectivity index (χ0v) is 7.80. The van der Waals surface area contributed by atoms with Crippen LogP contribution in [0.15, 0.2) is 12.1 Å². The van der Waals surface area contributed by atoms with Crippen LogP contribution in [0.1, 0.15) is 13.8 Å². The summed E-state index contributed by atoms with van der Waals surface area (Å²) in [6.45, 7) is 5.16. The zero-order valence-electron chi connectivity index (χ0n) is 7.05. The first kappa shape index (κ1) is 11.0. The Labute approximate surface area is 73.7 Å². The second-order valence-corrected chi connectivity index (χ2v) is 2.17. The number of allylic oxidation sites excluding steroid dienone is 1. The smallest absolute Gasteiger partial charge is 0.408 e. The first-order valence-corrected chi connectivity index (χ1v) is 4.34. The van der Waals surface area contributed by atoms with E-state index in [9.17, 15) is 0 Å². The molecule has 0 aromatic carbocycles. The summed E-state index contributed by atoms with van der Waals surface area (Å²) in [6.07, 6.45) is 1.82. The highest BCUT2D eigenvalue weighted by molar-refractivity contribution is 6.50. The van der Waals surface area contributed by atoms with E-state index in [0.29, 0.717) is 19.1 Å². The molecule has 0 radical (unpaired) electrons. The summed E-state index contributed by atoms with van der Waals surface area (Å²) >= 11 is 5.45. The molecule has 0 aromatic heterocycles. The first-order valence-electron chi connectivity index (χ1n) is 3.81. The topological polar surface area (TPSA) is 18.5 Å². The zero-order chi connectivity index (χ0) is 8.53. The molecule has 0 saturated carbocycles. The van der Waals surface area contributed by atoms with Crippen molar-refractivity contribution in [3.05, 3.63) is 12.1 Å². The van der Waals surface area contributed by atoms with Gasteiger partial charge in [-0.2, -0.15) is 0 Å². The average Bonchev–Trinajstić information content (AvgIpc) is 2.01. The van der Waals surface area contributed by atoms with Crippen LogP contribution < -0.4 is 0 Å². The van der Waals surface area contributed by atoms with Crippen molar-refractivity contribution in [1.82, 2.24) is 0 Å². The third-order valence-corrected chi connectivity index (χ3v) is 1.22. The van der Waals surface area contributed by atoms with Gasteiger partial charge in [-0.1, -0.05) is 12.1 Å². The SMILES string of the molecule is CCOB(/C=C/CCl)OCC. The Balaban J connectivity index is 3.58. The van der Waals surface area contributed by atoms with Crippen LogP contribution in [0, 0.1) is 0 Å². The van der Waals surface area contributed by atoms with Gasteiger partial charge in [0.15, 0.2) is 0 Å². The van der Waals surface area contributed by atoms with Gasteiger partial charge in [0, 0.05) is 19.1 Å². The maximum atomic E-state index is 5.45. The van der Waals surface area contributed by atoms with Gasteiger partial charge >= 0.3 is 7.12 Å². The van der Waals surface area contributed by atoms with E-state index in [2.05, 4.69) is 0 Å². The molecule has 0 heterocycles. The molecule has 0 aromatic rings. The van der Waals surface area contributed by atoms with Crippen molar-refractivity contribution in [2.24, 2.45) is 0 Å². The van der Waals surface area contributed by atoms with Gasteiger partial charge in [-0.25, -0.2) is 0 Å². The van der Waals surface area contributed by atoms with Gasteiger partial charge in [0.05, 0.1) is 0 Å². The Hall–Kier alpha value is 0.0149. The van der Waals surface area contributed by atoms with Crippen molar-refractivity contribution in [3.8, 4) is 0 Å². The molecule has 2 nitrogen and oxygen atoms in total. The van der Waals surface area contributed by atoms with E-state index >= 15 is 0 Å². The second-order valence-electron chi connectivity index (χ2n) is 1.86. The Morgan fingerprint density at radius 2 is 1.82 bits per heavy atom. The highest BCUT2D eigenvalue weighted by Gasteiger charge is 2.10. The van der Waals surface area contributed by atoms with Gasteiger partial charge in [-0.3, -0.25) is 0 Å². The monoisotopic (exact) mass is 176 g/mol. The molecule has 0 aliphatic rings. The van der Waals surface area contributed by atoms with E-state index in [0.717, 1.165) is 0 Å². The second kappa shape index (κ2) is 8.11. The van der Waals surface area contributed by atoms with Gasteiger partial charge in [0.1, 0.15) is 0 Å². The molecule has 0 rings (SSSR count). The third-order valence-electron chi connectivity index (χ3n) is 1.04. The van der Waals surface area contributed by atoms with E-state index in [1.165, 1.54) is 0 Å². The highest BCUT2D eigenvalue weighted by Crippen LogP contribution is 1.92. The lowest BCUT2D eigenvalue weighted by atomic mass is 9.90. The lowest BCUT2D eigenvalue weighted by Crippen LogP contribution is -2.20. The van der Waals surface area contributed by atoms with Crippen LogP contribution >= 0.6 is 11.6 Å². The summed E-state index contributed by atoms with van der Waals surface area (Å²) in [5, 5.41) is 0. The van der Waals surface area contributed by atoms with Gasteiger partial charge < -0.3 is 9.31 Å². The lowest BCUT2D eigenvalue weighted by Gasteiger charge is -2.06. The standard InChI is InChI=1S/C7H14BClO2/c1-3-10-8(11-4-2)6-5-7-9/h5-6H,3-4,7H2,1-2H3/b6-5+. The maximum Gasteiger partial charge on any atom is 0.485 e. The van der Waals surface area contributed by atoms with Crippen LogP contribution in [0.3, 0.4) is 0 Å². The molecule has 64 valence electrons. The van der Waals surface area contributed by atoms with Crippen molar-refractivity contribution in [1.29, 1.82) is 0 Å². The fourth-order valence-electron chi connectivity index (χ4n) is 0.650. The lowest BCUT2D eigenvalue weighted by molar-refractivity contribution is 0.224. The normalized spacial score (nSPS) is 10.8. The fourth-order valence-corrected chi connectivity index (χ4v) is 0.753. The van der Waals surface area contributed by atoms with E-state index in [4.69, 9.17) is 20.9 Å². The summed E-state index contributed by atoms with van der Waals surface area (Å²) < 4.78 is 10.4. The molecule has 0 spiro atoms. The van der Waals surface area contributed by atoms with Crippen LogP contribution in [-0.2, 0) is 9.31 Å². The van der Waals surface area contributed by atoms with E-state index in [-0.39, 0.29) is 7.12 Å². The molecule has 0 bridgehead atoms. The van der Waals surface area contributed by atoms with Crippen molar-refractivity contribution >= 4 is 18.7 Å². The van der Waals surface area contributed by atoms with Crippen molar-refractivity contribution in [2.45, 2.75) is 13.8 Å². The van der Waals surface area contributed by atoms with Crippen molar-refractivity contribution in [3.63, 3.8) is 0 Å². The summed E-state index contributed by atoms with van der Waals surface area (Å²) in [4.78, 5) is 0. The molecule has 11 heavy (non-hydrogen) atoms. The number of hydrogen-bond donors (Lipinski definition) is 0. The van der Waals surface area contributed by atoms with Crippen molar-refractivity contribution < 1.29 is 9.31 Å². The van der Waals surface area contributed by atoms with Crippen molar-refractivity contribution in [2.75, 3.05) is 19.1 Å². The summed E-state index contributed by atoms with van der Waals surface area (Å²) in [7, 11) is -0.233. The predicted molar refractivity (Wildman–Crippen MR) is 48.9 cm³/mol. The van der Waals surface area contributed by atoms with E-state index < -0.39 is 0 Å². The molecule has 0 amide bonds. The van der Waals surface area contributed by atoms with Gasteiger partial charge in [0.25, 0.3) is 0 Å². The average molecular weight is 176 g/mol. The molecule has 4 heteroatoms. The Morgan fingerprint density at radius 3 is 2.18 bits per heavy atom. The van der Waals surface area contributed by atoms with E-state index in [1.54, 1.807) is 0 Å². The third kappa shape index (κ3) is 6.41. The minimum atomic E-state index is -0.233. The van der Waals surface area contributed by atoms with Gasteiger partial charge in [-0.15, -0.1) is 11.6 Å². The number of hydrogen-bond acceptors (Lipinski definition) is 2. The van der Waals surface area contributed by atoms with Gasteiger partial charge in [0.2, 0.25) is 0 Å². The molecular formula is C7H14BClO2. The Bertz CT molecular complexity index is 103. The Kier molecular flexibility index (Phi) is 8.13. The first-order chi connectivity index (χ1) is 5.35. The molecule has 0 unspecified atom stereocenters. The van der Waals surface area contributed by atoms with Crippen LogP contribution in [0.4, 0.5) is 0 Å². The molecule has 0 atom stereocenters. The van der Waals surface area contributed by atoms with Crippen LogP contribution in [0.2, 0.25) is 0 Å². The number of alkyl halides is 1. The quantitative estimate of drug-likeness (QED) is 0.454. The Morgan fingerprint density at radius 1 is 1.27 bits per heavy atom. The highest BCUT2D eigenvalue weighted by atomic mass is 35.5. The summed E-state index contributed by atoms with van der Waals surface area (Å²) in [5.41, 5.74) is 0. The minimum Gasteiger partial charge on any atom is -0.408 e. The van der Waals surface area contributed by atoms with Crippen LogP contribution in [0.25, 0.3) is 0 Å².